The van der Waals surface area contributed by atoms with Crippen molar-refractivity contribution in [2.24, 2.45) is 11.7 Å². The molecule has 2 N–H and O–H groups in total. The Kier molecular flexibility index (Phi) is 4.43. The minimum atomic E-state index is 0.0555. The zero-order valence-corrected chi connectivity index (χ0v) is 11.6. The number of anilines is 1. The first-order valence-electron chi connectivity index (χ1n) is 6.79. The third kappa shape index (κ3) is 3.26. The predicted molar refractivity (Wildman–Crippen MR) is 76.3 cm³/mol. The van der Waals surface area contributed by atoms with Gasteiger partial charge in [0.05, 0.1) is 7.11 Å². The first-order chi connectivity index (χ1) is 9.11. The molecule has 0 spiro atoms. The van der Waals surface area contributed by atoms with E-state index in [-0.39, 0.29) is 17.9 Å². The van der Waals surface area contributed by atoms with Gasteiger partial charge in [-0.1, -0.05) is 12.5 Å². The largest absolute Gasteiger partial charge is 0.497 e. The summed E-state index contributed by atoms with van der Waals surface area (Å²) in [6.45, 7) is 0. The molecule has 0 aliphatic heterocycles. The number of methoxy groups -OCH3 is 1. The van der Waals surface area contributed by atoms with E-state index in [1.807, 2.05) is 31.3 Å². The maximum absolute atomic E-state index is 12.5. The molecule has 2 atom stereocenters. The van der Waals surface area contributed by atoms with E-state index in [0.717, 1.165) is 37.1 Å². The number of nitrogens with zero attached hydrogens (tertiary/aromatic N) is 1. The number of carbonyl (C=O) groups is 1. The summed E-state index contributed by atoms with van der Waals surface area (Å²) in [4.78, 5) is 14.2. The lowest BCUT2D eigenvalue weighted by Gasteiger charge is -2.29. The molecular weight excluding hydrogens is 240 g/mol. The second-order valence-electron chi connectivity index (χ2n) is 5.22. The summed E-state index contributed by atoms with van der Waals surface area (Å²) < 4.78 is 5.19. The van der Waals surface area contributed by atoms with Crippen molar-refractivity contribution in [3.8, 4) is 5.75 Å². The molecule has 0 heterocycles. The van der Waals surface area contributed by atoms with E-state index in [1.165, 1.54) is 0 Å². The molecule has 1 saturated carbocycles. The summed E-state index contributed by atoms with van der Waals surface area (Å²) in [5.41, 5.74) is 6.82. The molecule has 2 rings (SSSR count). The molecule has 1 aliphatic rings. The van der Waals surface area contributed by atoms with Gasteiger partial charge in [0.1, 0.15) is 5.75 Å². The van der Waals surface area contributed by atoms with Crippen LogP contribution in [0.2, 0.25) is 0 Å². The second kappa shape index (κ2) is 6.06. The molecule has 0 saturated heterocycles. The van der Waals surface area contributed by atoms with Crippen LogP contribution in [0.3, 0.4) is 0 Å². The van der Waals surface area contributed by atoms with Gasteiger partial charge >= 0.3 is 0 Å². The third-order valence-electron chi connectivity index (χ3n) is 3.84. The Bertz CT molecular complexity index is 448. The molecule has 0 bridgehead atoms. The molecule has 4 heteroatoms. The van der Waals surface area contributed by atoms with Crippen molar-refractivity contribution < 1.29 is 9.53 Å². The molecule has 1 amide bonds. The molecule has 104 valence electrons. The molecule has 2 unspecified atom stereocenters. The Morgan fingerprint density at radius 2 is 2.21 bits per heavy atom. The van der Waals surface area contributed by atoms with Gasteiger partial charge in [-0.2, -0.15) is 0 Å². The van der Waals surface area contributed by atoms with Crippen LogP contribution in [0.4, 0.5) is 5.69 Å². The molecule has 0 radical (unpaired) electrons. The molecule has 1 aromatic carbocycles. The van der Waals surface area contributed by atoms with Crippen LogP contribution in [0.1, 0.15) is 25.7 Å². The number of amides is 1. The number of carbonyl (C=O) groups excluding carboxylic acids is 1. The second-order valence-corrected chi connectivity index (χ2v) is 5.22. The maximum atomic E-state index is 12.5. The Balaban J connectivity index is 2.09. The van der Waals surface area contributed by atoms with Crippen LogP contribution in [-0.2, 0) is 4.79 Å². The topological polar surface area (TPSA) is 55.6 Å². The number of hydrogen-bond acceptors (Lipinski definition) is 3. The summed E-state index contributed by atoms with van der Waals surface area (Å²) in [6, 6.07) is 7.73. The maximum Gasteiger partial charge on any atom is 0.229 e. The van der Waals surface area contributed by atoms with Gasteiger partial charge in [-0.15, -0.1) is 0 Å². The highest BCUT2D eigenvalue weighted by atomic mass is 16.5. The number of benzene rings is 1. The zero-order chi connectivity index (χ0) is 13.8. The fourth-order valence-electron chi connectivity index (χ4n) is 2.67. The molecule has 1 fully saturated rings. The van der Waals surface area contributed by atoms with Gasteiger partial charge in [-0.3, -0.25) is 4.79 Å². The SMILES string of the molecule is COc1cccc(N(C)C(=O)C2CCCC(N)C2)c1. The van der Waals surface area contributed by atoms with Gasteiger partial charge in [-0.05, 0) is 31.4 Å². The predicted octanol–water partition coefficient (Wildman–Crippen LogP) is 2.18. The monoisotopic (exact) mass is 262 g/mol. The van der Waals surface area contributed by atoms with Crippen LogP contribution in [0, 0.1) is 5.92 Å². The third-order valence-corrected chi connectivity index (χ3v) is 3.84. The van der Waals surface area contributed by atoms with Gasteiger partial charge in [-0.25, -0.2) is 0 Å². The minimum Gasteiger partial charge on any atom is -0.497 e. The van der Waals surface area contributed by atoms with E-state index < -0.39 is 0 Å². The number of rotatable bonds is 3. The lowest BCUT2D eigenvalue weighted by molar-refractivity contribution is -0.123. The van der Waals surface area contributed by atoms with Crippen LogP contribution in [-0.4, -0.2) is 26.1 Å². The van der Waals surface area contributed by atoms with Crippen LogP contribution in [0.25, 0.3) is 0 Å². The summed E-state index contributed by atoms with van der Waals surface area (Å²) in [5.74, 6) is 0.973. The first kappa shape index (κ1) is 13.9. The quantitative estimate of drug-likeness (QED) is 0.908. The lowest BCUT2D eigenvalue weighted by Crippen LogP contribution is -2.38. The van der Waals surface area contributed by atoms with Crippen molar-refractivity contribution in [1.82, 2.24) is 0 Å². The molecular formula is C15H22N2O2. The Morgan fingerprint density at radius 3 is 2.89 bits per heavy atom. The normalized spacial score (nSPS) is 22.9. The van der Waals surface area contributed by atoms with Gasteiger partial charge < -0.3 is 15.4 Å². The van der Waals surface area contributed by atoms with Crippen molar-refractivity contribution in [3.05, 3.63) is 24.3 Å². The summed E-state index contributed by atoms with van der Waals surface area (Å²) in [6.07, 6.45) is 3.82. The van der Waals surface area contributed by atoms with Crippen LogP contribution < -0.4 is 15.4 Å². The fraction of sp³-hybridized carbons (Fsp3) is 0.533. The number of nitrogens with two attached hydrogens (primary N) is 1. The standard InChI is InChI=1S/C15H22N2O2/c1-17(13-7-4-8-14(10-13)19-2)15(18)11-5-3-6-12(16)9-11/h4,7-8,10-12H,3,5-6,9,16H2,1-2H3. The van der Waals surface area contributed by atoms with E-state index in [2.05, 4.69) is 0 Å². The zero-order valence-electron chi connectivity index (χ0n) is 11.6. The highest BCUT2D eigenvalue weighted by Crippen LogP contribution is 2.27. The van der Waals surface area contributed by atoms with E-state index in [4.69, 9.17) is 10.5 Å². The molecule has 1 aliphatic carbocycles. The van der Waals surface area contributed by atoms with Gasteiger partial charge in [0.15, 0.2) is 0 Å². The van der Waals surface area contributed by atoms with Crippen LogP contribution in [0.15, 0.2) is 24.3 Å². The van der Waals surface area contributed by atoms with Gasteiger partial charge in [0.2, 0.25) is 5.91 Å². The van der Waals surface area contributed by atoms with Crippen molar-refractivity contribution in [1.29, 1.82) is 0 Å². The summed E-state index contributed by atoms with van der Waals surface area (Å²) in [5, 5.41) is 0. The Labute approximate surface area is 114 Å². The first-order valence-corrected chi connectivity index (χ1v) is 6.79. The van der Waals surface area contributed by atoms with E-state index in [9.17, 15) is 4.79 Å². The van der Waals surface area contributed by atoms with Crippen molar-refractivity contribution >= 4 is 11.6 Å². The van der Waals surface area contributed by atoms with E-state index in [1.54, 1.807) is 12.0 Å². The van der Waals surface area contributed by atoms with Crippen molar-refractivity contribution in [2.45, 2.75) is 31.7 Å². The average Bonchev–Trinajstić information content (AvgIpc) is 2.45. The summed E-state index contributed by atoms with van der Waals surface area (Å²) in [7, 11) is 3.44. The molecule has 1 aromatic rings. The highest BCUT2D eigenvalue weighted by molar-refractivity contribution is 5.94. The van der Waals surface area contributed by atoms with E-state index >= 15 is 0 Å². The number of ether oxygens (including phenoxy) is 1. The Morgan fingerprint density at radius 1 is 1.42 bits per heavy atom. The highest BCUT2D eigenvalue weighted by Gasteiger charge is 2.28. The smallest absolute Gasteiger partial charge is 0.229 e. The lowest BCUT2D eigenvalue weighted by atomic mass is 9.85. The van der Waals surface area contributed by atoms with Crippen LogP contribution in [0.5, 0.6) is 5.75 Å². The van der Waals surface area contributed by atoms with Crippen molar-refractivity contribution in [3.63, 3.8) is 0 Å². The van der Waals surface area contributed by atoms with Gasteiger partial charge in [0.25, 0.3) is 0 Å². The average molecular weight is 262 g/mol. The number of hydrogen-bond donors (Lipinski definition) is 1. The van der Waals surface area contributed by atoms with Crippen LogP contribution >= 0.6 is 0 Å². The minimum absolute atomic E-state index is 0.0555. The Hall–Kier alpha value is -1.55. The fourth-order valence-corrected chi connectivity index (χ4v) is 2.67. The molecule has 19 heavy (non-hydrogen) atoms. The van der Waals surface area contributed by atoms with Gasteiger partial charge in [0, 0.05) is 30.8 Å². The molecule has 0 aromatic heterocycles. The summed E-state index contributed by atoms with van der Waals surface area (Å²) >= 11 is 0. The van der Waals surface area contributed by atoms with Crippen molar-refractivity contribution in [2.75, 3.05) is 19.1 Å². The van der Waals surface area contributed by atoms with E-state index in [0.29, 0.717) is 0 Å². The molecule has 4 nitrogen and oxygen atoms in total.